The largest absolute Gasteiger partial charge is 0.480 e. The number of aliphatic hydroxyl groups excluding tert-OH is 1. The molecule has 0 radical (unpaired) electrons. The second-order valence-electron chi connectivity index (χ2n) is 4.25. The summed E-state index contributed by atoms with van der Waals surface area (Å²) in [4.78, 5) is 43.8. The number of aliphatic carboxylic acids is 2. The topological polar surface area (TPSA) is 154 Å². The smallest absolute Gasteiger partial charge is 0.317 e. The third-order valence-corrected chi connectivity index (χ3v) is 2.31. The van der Waals surface area contributed by atoms with E-state index in [-0.39, 0.29) is 39.5 Å². The van der Waals surface area contributed by atoms with Crippen LogP contribution in [0.3, 0.4) is 0 Å². The van der Waals surface area contributed by atoms with Crippen molar-refractivity contribution >= 4 is 24.9 Å². The molecule has 0 saturated heterocycles. The average molecular weight is 322 g/mol. The van der Waals surface area contributed by atoms with Crippen LogP contribution >= 0.6 is 0 Å². The molecule has 0 amide bonds. The van der Waals surface area contributed by atoms with Gasteiger partial charge in [0.05, 0.1) is 19.2 Å². The van der Waals surface area contributed by atoms with E-state index in [0.717, 1.165) is 4.90 Å². The monoisotopic (exact) mass is 322 g/mol. The van der Waals surface area contributed by atoms with Crippen LogP contribution in [-0.2, 0) is 28.7 Å². The number of nitrogens with zero attached hydrogens (tertiary/aromatic N) is 2. The molecule has 3 N–H and O–H groups in total. The number of carbonyl (C=O) groups is 4. The van der Waals surface area contributed by atoms with Crippen molar-refractivity contribution in [1.82, 2.24) is 9.80 Å². The molecule has 126 valence electrons. The molecule has 11 heteroatoms. The van der Waals surface area contributed by atoms with E-state index in [1.165, 1.54) is 4.90 Å². The van der Waals surface area contributed by atoms with Gasteiger partial charge in [-0.1, -0.05) is 0 Å². The summed E-state index contributed by atoms with van der Waals surface area (Å²) in [5.41, 5.74) is 0. The highest BCUT2D eigenvalue weighted by Crippen LogP contribution is 1.98. The van der Waals surface area contributed by atoms with Crippen molar-refractivity contribution < 1.29 is 44.0 Å². The van der Waals surface area contributed by atoms with E-state index in [2.05, 4.69) is 9.47 Å². The Kier molecular flexibility index (Phi) is 10.3. The van der Waals surface area contributed by atoms with Crippen LogP contribution in [0.15, 0.2) is 0 Å². The van der Waals surface area contributed by atoms with Crippen molar-refractivity contribution in [2.45, 2.75) is 6.10 Å². The van der Waals surface area contributed by atoms with Crippen LogP contribution in [0.1, 0.15) is 0 Å². The van der Waals surface area contributed by atoms with Crippen molar-refractivity contribution in [3.05, 3.63) is 0 Å². The first-order chi connectivity index (χ1) is 10.4. The summed E-state index contributed by atoms with van der Waals surface area (Å²) < 4.78 is 8.93. The van der Waals surface area contributed by atoms with Gasteiger partial charge < -0.3 is 24.8 Å². The molecule has 1 atom stereocenters. The van der Waals surface area contributed by atoms with Gasteiger partial charge in [-0.25, -0.2) is 4.90 Å². The summed E-state index contributed by atoms with van der Waals surface area (Å²) in [6.45, 7) is -1.66. The summed E-state index contributed by atoms with van der Waals surface area (Å²) in [5.74, 6) is -2.47. The van der Waals surface area contributed by atoms with E-state index in [1.807, 2.05) is 0 Å². The van der Waals surface area contributed by atoms with Crippen LogP contribution in [0.4, 0.5) is 0 Å². The maximum atomic E-state index is 10.6. The van der Waals surface area contributed by atoms with Crippen LogP contribution in [0.25, 0.3) is 0 Å². The van der Waals surface area contributed by atoms with Gasteiger partial charge in [0.1, 0.15) is 13.5 Å². The number of aliphatic hydroxyl groups is 1. The van der Waals surface area contributed by atoms with Gasteiger partial charge in [-0.05, 0) is 0 Å². The first-order valence-corrected chi connectivity index (χ1v) is 6.05. The Morgan fingerprint density at radius 1 is 0.909 bits per heavy atom. The molecule has 0 bridgehead atoms. The lowest BCUT2D eigenvalue weighted by Gasteiger charge is -2.26. The molecule has 0 saturated carbocycles. The predicted molar refractivity (Wildman–Crippen MR) is 68.5 cm³/mol. The molecule has 0 fully saturated rings. The zero-order valence-corrected chi connectivity index (χ0v) is 11.7. The van der Waals surface area contributed by atoms with Crippen molar-refractivity contribution in [2.75, 3.05) is 39.6 Å². The number of hydrogen-bond donors (Lipinski definition) is 3. The molecular formula is C11H18N2O9. The molecule has 0 rings (SSSR count). The molecule has 0 heterocycles. The Balaban J connectivity index is 4.48. The van der Waals surface area contributed by atoms with Gasteiger partial charge in [0.25, 0.3) is 12.9 Å². The van der Waals surface area contributed by atoms with Gasteiger partial charge >= 0.3 is 11.9 Å². The van der Waals surface area contributed by atoms with Gasteiger partial charge in [-0.15, -0.1) is 0 Å². The number of carbonyl (C=O) groups excluding carboxylic acids is 2. The third-order valence-electron chi connectivity index (χ3n) is 2.31. The predicted octanol–water partition coefficient (Wildman–Crippen LogP) is -2.62. The molecule has 0 spiro atoms. The van der Waals surface area contributed by atoms with E-state index in [0.29, 0.717) is 0 Å². The Morgan fingerprint density at radius 3 is 1.68 bits per heavy atom. The van der Waals surface area contributed by atoms with Gasteiger partial charge in [0, 0.05) is 13.1 Å². The first-order valence-electron chi connectivity index (χ1n) is 6.05. The SMILES string of the molecule is O=COCN(COC=O)CC(O)CN(CC(=O)O)CC(=O)O. The third kappa shape index (κ3) is 10.5. The highest BCUT2D eigenvalue weighted by atomic mass is 16.6. The van der Waals surface area contributed by atoms with Crippen LogP contribution in [-0.4, -0.2) is 95.7 Å². The Bertz CT molecular complexity index is 349. The summed E-state index contributed by atoms with van der Waals surface area (Å²) in [5, 5.41) is 27.2. The molecular weight excluding hydrogens is 304 g/mol. The molecule has 1 unspecified atom stereocenters. The Labute approximate surface area is 125 Å². The second-order valence-corrected chi connectivity index (χ2v) is 4.25. The van der Waals surface area contributed by atoms with Crippen LogP contribution in [0.2, 0.25) is 0 Å². The van der Waals surface area contributed by atoms with Crippen LogP contribution < -0.4 is 0 Å². The minimum atomic E-state index is -1.24. The molecule has 0 aromatic heterocycles. The lowest BCUT2D eigenvalue weighted by molar-refractivity contribution is -0.146. The van der Waals surface area contributed by atoms with Crippen LogP contribution in [0.5, 0.6) is 0 Å². The zero-order valence-electron chi connectivity index (χ0n) is 11.7. The standard InChI is InChI=1S/C11H18N2O9/c14-7-21-5-13(6-22-8-15)2-9(16)1-12(3-10(17)18)4-11(19)20/h7-9,16H,1-6H2,(H,17,18)(H,19,20). The molecule has 0 aliphatic rings. The number of carboxylic acids is 2. The normalized spacial score (nSPS) is 12.0. The maximum absolute atomic E-state index is 10.6. The van der Waals surface area contributed by atoms with Crippen molar-refractivity contribution in [1.29, 1.82) is 0 Å². The lowest BCUT2D eigenvalue weighted by Crippen LogP contribution is -2.44. The summed E-state index contributed by atoms with van der Waals surface area (Å²) in [7, 11) is 0. The molecule has 22 heavy (non-hydrogen) atoms. The molecule has 0 aromatic rings. The maximum Gasteiger partial charge on any atom is 0.317 e. The van der Waals surface area contributed by atoms with Crippen molar-refractivity contribution in [3.8, 4) is 0 Å². The van der Waals surface area contributed by atoms with Crippen molar-refractivity contribution in [3.63, 3.8) is 0 Å². The summed E-state index contributed by atoms with van der Waals surface area (Å²) >= 11 is 0. The van der Waals surface area contributed by atoms with Gasteiger partial charge in [-0.2, -0.15) is 0 Å². The molecule has 11 nitrogen and oxygen atoms in total. The fourth-order valence-electron chi connectivity index (χ4n) is 1.64. The minimum Gasteiger partial charge on any atom is -0.480 e. The van der Waals surface area contributed by atoms with Gasteiger partial charge in [0.15, 0.2) is 0 Å². The second kappa shape index (κ2) is 11.4. The fraction of sp³-hybridized carbons (Fsp3) is 0.636. The number of rotatable bonds is 14. The van der Waals surface area contributed by atoms with E-state index in [9.17, 15) is 24.3 Å². The summed E-state index contributed by atoms with van der Waals surface area (Å²) in [6.07, 6.45) is -1.15. The number of carboxylic acid groups (broad SMARTS) is 2. The fourth-order valence-corrected chi connectivity index (χ4v) is 1.64. The molecule has 0 aliphatic heterocycles. The quantitative estimate of drug-likeness (QED) is 0.227. The van der Waals surface area contributed by atoms with E-state index >= 15 is 0 Å². The molecule has 0 aliphatic carbocycles. The van der Waals surface area contributed by atoms with Crippen molar-refractivity contribution in [2.24, 2.45) is 0 Å². The number of ether oxygens (including phenoxy) is 2. The highest BCUT2D eigenvalue weighted by molar-refractivity contribution is 5.72. The lowest BCUT2D eigenvalue weighted by atomic mass is 10.3. The Hall–Kier alpha value is -2.24. The van der Waals surface area contributed by atoms with E-state index < -0.39 is 31.1 Å². The van der Waals surface area contributed by atoms with Gasteiger partial charge in [0.2, 0.25) is 0 Å². The zero-order chi connectivity index (χ0) is 17.0. The Morgan fingerprint density at radius 2 is 1.32 bits per heavy atom. The first kappa shape index (κ1) is 19.8. The number of hydrogen-bond acceptors (Lipinski definition) is 9. The van der Waals surface area contributed by atoms with E-state index in [4.69, 9.17) is 10.2 Å². The molecule has 0 aromatic carbocycles. The minimum absolute atomic E-state index is 0.128. The average Bonchev–Trinajstić information content (AvgIpc) is 2.40. The van der Waals surface area contributed by atoms with Gasteiger partial charge in [-0.3, -0.25) is 24.1 Å². The summed E-state index contributed by atoms with van der Waals surface area (Å²) in [6, 6.07) is 0. The van der Waals surface area contributed by atoms with E-state index in [1.54, 1.807) is 0 Å². The highest BCUT2D eigenvalue weighted by Gasteiger charge is 2.19. The van der Waals surface area contributed by atoms with Crippen LogP contribution in [0, 0.1) is 0 Å².